The van der Waals surface area contributed by atoms with Crippen LogP contribution in [0.5, 0.6) is 0 Å². The normalized spacial score (nSPS) is 15.5. The molecule has 0 aromatic carbocycles. The number of aryl methyl sites for hydroxylation is 1. The molecule has 1 amide bonds. The highest BCUT2D eigenvalue weighted by Gasteiger charge is 2.24. The summed E-state index contributed by atoms with van der Waals surface area (Å²) in [7, 11) is 1.65. The minimum absolute atomic E-state index is 0.0317. The molecule has 0 bridgehead atoms. The Kier molecular flexibility index (Phi) is 4.42. The Morgan fingerprint density at radius 3 is 3.11 bits per heavy atom. The lowest BCUT2D eigenvalue weighted by Crippen LogP contribution is -2.41. The molecule has 1 atom stereocenters. The van der Waals surface area contributed by atoms with Crippen LogP contribution in [0.15, 0.2) is 6.20 Å². The molecule has 1 aromatic heterocycles. The lowest BCUT2D eigenvalue weighted by molar-refractivity contribution is 0.0574. The number of carbonyl (C=O) groups is 1. The fourth-order valence-corrected chi connectivity index (χ4v) is 2.41. The van der Waals surface area contributed by atoms with Crippen molar-refractivity contribution in [1.29, 1.82) is 0 Å². The first-order valence-electron chi connectivity index (χ1n) is 6.78. The summed E-state index contributed by atoms with van der Waals surface area (Å²) < 4.78 is 7.13. The molecule has 106 valence electrons. The van der Waals surface area contributed by atoms with Gasteiger partial charge in [-0.1, -0.05) is 0 Å². The van der Waals surface area contributed by atoms with E-state index >= 15 is 0 Å². The third-order valence-electron chi connectivity index (χ3n) is 3.40. The first-order chi connectivity index (χ1) is 9.17. The van der Waals surface area contributed by atoms with Gasteiger partial charge < -0.3 is 19.5 Å². The number of anilines is 1. The number of rotatable bonds is 5. The number of nitrogens with zero attached hydrogens (tertiary/aromatic N) is 3. The monoisotopic (exact) mass is 266 g/mol. The van der Waals surface area contributed by atoms with Gasteiger partial charge in [0.15, 0.2) is 0 Å². The predicted molar refractivity (Wildman–Crippen MR) is 73.4 cm³/mol. The van der Waals surface area contributed by atoms with Crippen LogP contribution in [0, 0.1) is 0 Å². The number of imidazole rings is 1. The van der Waals surface area contributed by atoms with Crippen molar-refractivity contribution in [2.24, 2.45) is 0 Å². The van der Waals surface area contributed by atoms with Crippen LogP contribution in [-0.2, 0) is 11.3 Å². The third kappa shape index (κ3) is 2.89. The van der Waals surface area contributed by atoms with Gasteiger partial charge in [-0.05, 0) is 20.3 Å². The Hall–Kier alpha value is -1.56. The Labute approximate surface area is 113 Å². The Balaban J connectivity index is 2.15. The highest BCUT2D eigenvalue weighted by atomic mass is 16.5. The fraction of sp³-hybridized carbons (Fsp3) is 0.692. The number of fused-ring (bicyclic) bond motifs is 1. The van der Waals surface area contributed by atoms with Crippen LogP contribution in [0.1, 0.15) is 30.8 Å². The molecule has 1 aromatic rings. The van der Waals surface area contributed by atoms with Crippen molar-refractivity contribution in [2.75, 3.05) is 32.1 Å². The number of hydrogen-bond acceptors (Lipinski definition) is 4. The summed E-state index contributed by atoms with van der Waals surface area (Å²) in [4.78, 5) is 18.6. The van der Waals surface area contributed by atoms with Crippen molar-refractivity contribution in [1.82, 2.24) is 14.5 Å². The van der Waals surface area contributed by atoms with E-state index in [1.54, 1.807) is 12.0 Å². The van der Waals surface area contributed by atoms with E-state index in [1.807, 2.05) is 24.6 Å². The molecule has 1 unspecified atom stereocenters. The summed E-state index contributed by atoms with van der Waals surface area (Å²) >= 11 is 0. The second-order valence-corrected chi connectivity index (χ2v) is 4.82. The smallest absolute Gasteiger partial charge is 0.274 e. The molecule has 0 saturated carbocycles. The molecule has 0 fully saturated rings. The highest BCUT2D eigenvalue weighted by molar-refractivity contribution is 5.92. The highest BCUT2D eigenvalue weighted by Crippen LogP contribution is 2.16. The zero-order chi connectivity index (χ0) is 13.8. The molecule has 19 heavy (non-hydrogen) atoms. The first kappa shape index (κ1) is 13.9. The minimum Gasteiger partial charge on any atom is -0.383 e. The third-order valence-corrected chi connectivity index (χ3v) is 3.40. The molecule has 1 aliphatic heterocycles. The van der Waals surface area contributed by atoms with Crippen LogP contribution in [0.2, 0.25) is 0 Å². The molecular formula is C13H22N4O2. The number of amides is 1. The summed E-state index contributed by atoms with van der Waals surface area (Å²) in [6.45, 7) is 6.98. The zero-order valence-electron chi connectivity index (χ0n) is 11.8. The van der Waals surface area contributed by atoms with E-state index < -0.39 is 0 Å². The van der Waals surface area contributed by atoms with Crippen molar-refractivity contribution in [2.45, 2.75) is 32.9 Å². The number of likely N-dealkylation sites (N-methyl/N-ethyl adjacent to an activating group) is 1. The fourth-order valence-electron chi connectivity index (χ4n) is 2.41. The summed E-state index contributed by atoms with van der Waals surface area (Å²) in [6, 6.07) is 0.0502. The van der Waals surface area contributed by atoms with Crippen molar-refractivity contribution in [3.63, 3.8) is 0 Å². The largest absolute Gasteiger partial charge is 0.383 e. The molecule has 0 saturated heterocycles. The van der Waals surface area contributed by atoms with Gasteiger partial charge in [0.05, 0.1) is 12.6 Å². The number of nitrogens with one attached hydrogen (secondary N) is 1. The molecule has 1 N–H and O–H groups in total. The van der Waals surface area contributed by atoms with Crippen LogP contribution < -0.4 is 5.32 Å². The van der Waals surface area contributed by atoms with Gasteiger partial charge in [-0.3, -0.25) is 4.79 Å². The van der Waals surface area contributed by atoms with Gasteiger partial charge in [-0.2, -0.15) is 0 Å². The maximum absolute atomic E-state index is 12.5. The van der Waals surface area contributed by atoms with Crippen LogP contribution in [-0.4, -0.2) is 53.2 Å². The lowest BCUT2D eigenvalue weighted by Gasteiger charge is -2.26. The van der Waals surface area contributed by atoms with E-state index in [9.17, 15) is 4.79 Å². The van der Waals surface area contributed by atoms with Gasteiger partial charge >= 0.3 is 0 Å². The molecular weight excluding hydrogens is 244 g/mol. The Morgan fingerprint density at radius 1 is 1.68 bits per heavy atom. The number of methoxy groups -OCH3 is 1. The maximum atomic E-state index is 12.5. The number of carbonyl (C=O) groups excluding carboxylic acids is 1. The van der Waals surface area contributed by atoms with Crippen molar-refractivity contribution >= 4 is 11.9 Å². The van der Waals surface area contributed by atoms with Crippen molar-refractivity contribution in [3.05, 3.63) is 11.9 Å². The van der Waals surface area contributed by atoms with Gasteiger partial charge in [0.1, 0.15) is 5.69 Å². The predicted octanol–water partition coefficient (Wildman–Crippen LogP) is 1.20. The second-order valence-electron chi connectivity index (χ2n) is 4.82. The van der Waals surface area contributed by atoms with Gasteiger partial charge in [-0.25, -0.2) is 4.98 Å². The molecule has 1 aliphatic rings. The van der Waals surface area contributed by atoms with E-state index in [1.165, 1.54) is 0 Å². The number of ether oxygens (including phenoxy) is 1. The number of aromatic nitrogens is 2. The van der Waals surface area contributed by atoms with Crippen LogP contribution in [0.4, 0.5) is 5.95 Å². The van der Waals surface area contributed by atoms with E-state index in [0.29, 0.717) is 18.8 Å². The van der Waals surface area contributed by atoms with E-state index in [-0.39, 0.29) is 11.9 Å². The molecule has 2 rings (SSSR count). The molecule has 6 heteroatoms. The molecule has 2 heterocycles. The Bertz CT molecular complexity index is 420. The van der Waals surface area contributed by atoms with Crippen molar-refractivity contribution < 1.29 is 9.53 Å². The van der Waals surface area contributed by atoms with E-state index in [4.69, 9.17) is 4.74 Å². The van der Waals surface area contributed by atoms with Crippen molar-refractivity contribution in [3.8, 4) is 0 Å². The quantitative estimate of drug-likeness (QED) is 0.870. The summed E-state index contributed by atoms with van der Waals surface area (Å²) in [5.41, 5.74) is 0.509. The summed E-state index contributed by atoms with van der Waals surface area (Å²) in [5.74, 6) is 0.765. The van der Waals surface area contributed by atoms with E-state index in [0.717, 1.165) is 25.5 Å². The molecule has 6 nitrogen and oxygen atoms in total. The standard InChI is InChI=1S/C13H22N4O2/c1-4-17(10(2)9-19-3)12(18)11-8-16-7-5-6-14-13(16)15-11/h8,10H,4-7,9H2,1-3H3,(H,14,15). The summed E-state index contributed by atoms with van der Waals surface area (Å²) in [6.07, 6.45) is 2.90. The topological polar surface area (TPSA) is 59.4 Å². The minimum atomic E-state index is -0.0317. The first-order valence-corrected chi connectivity index (χ1v) is 6.78. The summed E-state index contributed by atoms with van der Waals surface area (Å²) in [5, 5.41) is 3.21. The Morgan fingerprint density at radius 2 is 2.47 bits per heavy atom. The van der Waals surface area contributed by atoms with E-state index in [2.05, 4.69) is 10.3 Å². The van der Waals surface area contributed by atoms with Gasteiger partial charge in [0.2, 0.25) is 5.95 Å². The average molecular weight is 266 g/mol. The van der Waals surface area contributed by atoms with Crippen LogP contribution in [0.3, 0.4) is 0 Å². The molecule has 0 spiro atoms. The molecule has 0 aliphatic carbocycles. The van der Waals surface area contributed by atoms with Crippen LogP contribution in [0.25, 0.3) is 0 Å². The van der Waals surface area contributed by atoms with Gasteiger partial charge in [0, 0.05) is 32.9 Å². The SMILES string of the molecule is CCN(C(=O)c1cn2c(n1)NCCC2)C(C)COC. The zero-order valence-corrected chi connectivity index (χ0v) is 11.8. The van der Waals surface area contributed by atoms with Crippen LogP contribution >= 0.6 is 0 Å². The molecule has 0 radical (unpaired) electrons. The average Bonchev–Trinajstić information content (AvgIpc) is 2.83. The maximum Gasteiger partial charge on any atom is 0.274 e. The number of hydrogen-bond donors (Lipinski definition) is 1. The lowest BCUT2D eigenvalue weighted by atomic mass is 10.2. The second kappa shape index (κ2) is 6.06. The van der Waals surface area contributed by atoms with Gasteiger partial charge in [0.25, 0.3) is 5.91 Å². The van der Waals surface area contributed by atoms with Gasteiger partial charge in [-0.15, -0.1) is 0 Å².